The molecular formula is C25H25ClFN3O5. The molecule has 1 aromatic heterocycles. The second-order valence-corrected chi connectivity index (χ2v) is 9.67. The van der Waals surface area contributed by atoms with E-state index in [0.717, 1.165) is 25.7 Å². The summed E-state index contributed by atoms with van der Waals surface area (Å²) in [5.41, 5.74) is 4.29. The van der Waals surface area contributed by atoms with E-state index < -0.39 is 34.0 Å². The Labute approximate surface area is 205 Å². The van der Waals surface area contributed by atoms with E-state index in [-0.39, 0.29) is 36.1 Å². The normalized spacial score (nSPS) is 16.8. The molecule has 10 heteroatoms. The van der Waals surface area contributed by atoms with Crippen LogP contribution in [0.3, 0.4) is 0 Å². The van der Waals surface area contributed by atoms with Crippen molar-refractivity contribution in [2.45, 2.75) is 44.2 Å². The average molecular weight is 502 g/mol. The van der Waals surface area contributed by atoms with Gasteiger partial charge in [0.2, 0.25) is 5.43 Å². The van der Waals surface area contributed by atoms with Crippen LogP contribution in [0.5, 0.6) is 11.5 Å². The number of aromatic nitrogens is 1. The first-order chi connectivity index (χ1) is 16.7. The Morgan fingerprint density at radius 3 is 2.69 bits per heavy atom. The van der Waals surface area contributed by atoms with Crippen LogP contribution >= 0.6 is 11.6 Å². The molecular weight excluding hydrogens is 477 g/mol. The van der Waals surface area contributed by atoms with Gasteiger partial charge in [0.25, 0.3) is 0 Å². The van der Waals surface area contributed by atoms with Crippen molar-refractivity contribution < 1.29 is 23.8 Å². The monoisotopic (exact) mass is 501 g/mol. The van der Waals surface area contributed by atoms with Gasteiger partial charge in [-0.1, -0.05) is 24.4 Å². The molecule has 2 aromatic carbocycles. The Morgan fingerprint density at radius 1 is 1.34 bits per heavy atom. The van der Waals surface area contributed by atoms with Crippen molar-refractivity contribution in [1.29, 1.82) is 0 Å². The molecule has 0 bridgehead atoms. The lowest BCUT2D eigenvalue weighted by Crippen LogP contribution is -2.42. The molecule has 1 fully saturated rings. The van der Waals surface area contributed by atoms with Crippen molar-refractivity contribution >= 4 is 39.8 Å². The molecule has 0 saturated heterocycles. The van der Waals surface area contributed by atoms with E-state index in [9.17, 15) is 14.7 Å². The van der Waals surface area contributed by atoms with Gasteiger partial charge in [0.15, 0.2) is 11.6 Å². The third-order valence-electron chi connectivity index (χ3n) is 6.84. The lowest BCUT2D eigenvalue weighted by atomic mass is 9.93. The van der Waals surface area contributed by atoms with Gasteiger partial charge < -0.3 is 30.2 Å². The molecule has 184 valence electrons. The number of carbonyl (C=O) groups is 1. The molecule has 1 saturated carbocycles. The number of aromatic carboxylic acids is 1. The molecule has 2 aliphatic rings. The first-order valence-electron chi connectivity index (χ1n) is 11.4. The third kappa shape index (κ3) is 3.83. The van der Waals surface area contributed by atoms with E-state index in [2.05, 4.69) is 5.32 Å². The van der Waals surface area contributed by atoms with Crippen LogP contribution in [0.25, 0.3) is 10.9 Å². The second-order valence-electron chi connectivity index (χ2n) is 9.23. The van der Waals surface area contributed by atoms with Crippen LogP contribution in [0.2, 0.25) is 5.02 Å². The molecule has 5 rings (SSSR count). The molecule has 1 spiro atoms. The number of halogens is 2. The van der Waals surface area contributed by atoms with Gasteiger partial charge in [0.05, 0.1) is 28.2 Å². The first kappa shape index (κ1) is 23.3. The number of anilines is 2. The Kier molecular flexibility index (Phi) is 5.75. The predicted octanol–water partition coefficient (Wildman–Crippen LogP) is 4.62. The van der Waals surface area contributed by atoms with Crippen molar-refractivity contribution in [2.75, 3.05) is 24.3 Å². The van der Waals surface area contributed by atoms with Crippen LogP contribution in [0.15, 0.2) is 35.3 Å². The Hall–Kier alpha value is -3.46. The fraction of sp³-hybridized carbons (Fsp3) is 0.360. The van der Waals surface area contributed by atoms with Gasteiger partial charge in [-0.2, -0.15) is 0 Å². The third-order valence-corrected chi connectivity index (χ3v) is 7.09. The highest BCUT2D eigenvalue weighted by molar-refractivity contribution is 6.30. The fourth-order valence-corrected chi connectivity index (χ4v) is 5.21. The highest BCUT2D eigenvalue weighted by atomic mass is 35.5. The van der Waals surface area contributed by atoms with Crippen LogP contribution < -0.4 is 26.0 Å². The number of carboxylic acids is 1. The molecule has 35 heavy (non-hydrogen) atoms. The second kappa shape index (κ2) is 8.64. The summed E-state index contributed by atoms with van der Waals surface area (Å²) in [6.45, 7) is 2.25. The number of carboxylic acid groups (broad SMARTS) is 1. The Balaban J connectivity index is 1.60. The zero-order valence-corrected chi connectivity index (χ0v) is 19.8. The van der Waals surface area contributed by atoms with E-state index in [4.69, 9.17) is 26.8 Å². The standard InChI is InChI=1S/C25H25ClFN3O5/c1-13(11-34-15-6-4-14(26)5-7-15)29-20-18(27)19(28)17-21-23(20)35-12-25(8-2-3-9-25)30(21)10-16(22(17)31)24(32)33/h4-7,10,13,29H,2-3,8-9,11-12,28H2,1H3,(H,32,33). The number of rotatable bonds is 6. The van der Waals surface area contributed by atoms with Crippen LogP contribution in [0.4, 0.5) is 15.8 Å². The van der Waals surface area contributed by atoms with E-state index in [1.807, 2.05) is 6.92 Å². The number of benzene rings is 2. The van der Waals surface area contributed by atoms with E-state index in [0.29, 0.717) is 16.3 Å². The minimum Gasteiger partial charge on any atom is -0.491 e. The average Bonchev–Trinajstić information content (AvgIpc) is 3.30. The van der Waals surface area contributed by atoms with Gasteiger partial charge in [0, 0.05) is 11.2 Å². The summed E-state index contributed by atoms with van der Waals surface area (Å²) in [5.74, 6) is -1.48. The van der Waals surface area contributed by atoms with Gasteiger partial charge in [-0.3, -0.25) is 4.79 Å². The maximum absolute atomic E-state index is 15.6. The number of nitrogen functional groups attached to an aromatic ring is 1. The van der Waals surface area contributed by atoms with Gasteiger partial charge in [0.1, 0.15) is 30.2 Å². The number of hydrogen-bond acceptors (Lipinski definition) is 6. The van der Waals surface area contributed by atoms with Crippen LogP contribution in [-0.4, -0.2) is 34.9 Å². The molecule has 4 N–H and O–H groups in total. The summed E-state index contributed by atoms with van der Waals surface area (Å²) >= 11 is 5.90. The van der Waals surface area contributed by atoms with Crippen molar-refractivity contribution in [3.05, 3.63) is 57.1 Å². The molecule has 0 amide bonds. The first-order valence-corrected chi connectivity index (χ1v) is 11.8. The van der Waals surface area contributed by atoms with Crippen LogP contribution in [0.1, 0.15) is 43.0 Å². The molecule has 1 aliphatic carbocycles. The van der Waals surface area contributed by atoms with Gasteiger partial charge in [-0.05, 0) is 44.0 Å². The minimum atomic E-state index is -1.38. The van der Waals surface area contributed by atoms with Crippen LogP contribution in [-0.2, 0) is 5.54 Å². The molecule has 2 heterocycles. The largest absolute Gasteiger partial charge is 0.491 e. The van der Waals surface area contributed by atoms with Gasteiger partial charge in [-0.25, -0.2) is 9.18 Å². The quantitative estimate of drug-likeness (QED) is 0.422. The molecule has 1 aliphatic heterocycles. The fourth-order valence-electron chi connectivity index (χ4n) is 5.08. The Bertz CT molecular complexity index is 1380. The summed E-state index contributed by atoms with van der Waals surface area (Å²) in [5, 5.41) is 13.2. The summed E-state index contributed by atoms with van der Waals surface area (Å²) in [4.78, 5) is 24.9. The summed E-state index contributed by atoms with van der Waals surface area (Å²) in [7, 11) is 0. The number of nitrogens with one attached hydrogen (secondary N) is 1. The number of ether oxygens (including phenoxy) is 2. The van der Waals surface area contributed by atoms with Crippen LogP contribution in [0, 0.1) is 5.82 Å². The summed E-state index contributed by atoms with van der Waals surface area (Å²) in [6, 6.07) is 6.52. The SMILES string of the molecule is CC(COc1ccc(Cl)cc1)Nc1c(F)c(N)c2c(=O)c(C(=O)O)cn3c2c1OCC31CCCC1. The topological polar surface area (TPSA) is 116 Å². The molecule has 3 aromatic rings. The number of nitrogens with two attached hydrogens (primary N) is 1. The lowest BCUT2D eigenvalue weighted by Gasteiger charge is -2.39. The Morgan fingerprint density at radius 2 is 2.03 bits per heavy atom. The number of fused-ring (bicyclic) bond motifs is 1. The molecule has 1 unspecified atom stereocenters. The summed E-state index contributed by atoms with van der Waals surface area (Å²) in [6.07, 6.45) is 4.76. The highest BCUT2D eigenvalue weighted by Crippen LogP contribution is 2.48. The zero-order valence-electron chi connectivity index (χ0n) is 19.1. The number of nitrogens with zero attached hydrogens (tertiary/aromatic N) is 1. The van der Waals surface area contributed by atoms with E-state index in [1.54, 1.807) is 28.8 Å². The van der Waals surface area contributed by atoms with E-state index >= 15 is 4.39 Å². The molecule has 0 radical (unpaired) electrons. The maximum atomic E-state index is 15.6. The smallest absolute Gasteiger partial charge is 0.341 e. The maximum Gasteiger partial charge on any atom is 0.341 e. The molecule has 8 nitrogen and oxygen atoms in total. The number of hydrogen-bond donors (Lipinski definition) is 3. The van der Waals surface area contributed by atoms with Gasteiger partial charge >= 0.3 is 5.97 Å². The predicted molar refractivity (Wildman–Crippen MR) is 132 cm³/mol. The zero-order chi connectivity index (χ0) is 24.9. The van der Waals surface area contributed by atoms with Crippen molar-refractivity contribution in [2.24, 2.45) is 0 Å². The van der Waals surface area contributed by atoms with Crippen molar-refractivity contribution in [3.8, 4) is 11.5 Å². The summed E-state index contributed by atoms with van der Waals surface area (Å²) < 4.78 is 29.2. The van der Waals surface area contributed by atoms with E-state index in [1.165, 1.54) is 6.20 Å². The lowest BCUT2D eigenvalue weighted by molar-refractivity contribution is 0.0692. The molecule has 1 atom stereocenters. The number of pyridine rings is 1. The van der Waals surface area contributed by atoms with Crippen molar-refractivity contribution in [3.63, 3.8) is 0 Å². The van der Waals surface area contributed by atoms with Crippen molar-refractivity contribution in [1.82, 2.24) is 4.57 Å². The minimum absolute atomic E-state index is 0.0197. The highest BCUT2D eigenvalue weighted by Gasteiger charge is 2.43. The van der Waals surface area contributed by atoms with Gasteiger partial charge in [-0.15, -0.1) is 0 Å².